The van der Waals surface area contributed by atoms with Crippen LogP contribution in [0.3, 0.4) is 0 Å². The van der Waals surface area contributed by atoms with Crippen LogP contribution in [0.2, 0.25) is 0 Å². The lowest BCUT2D eigenvalue weighted by Crippen LogP contribution is -2.49. The lowest BCUT2D eigenvalue weighted by molar-refractivity contribution is -0.0893. The molecular weight excluding hydrogens is 271 g/mol. The summed E-state index contributed by atoms with van der Waals surface area (Å²) >= 11 is 0. The lowest BCUT2D eigenvalue weighted by atomic mass is 9.68. The van der Waals surface area contributed by atoms with E-state index in [4.69, 9.17) is 4.65 Å². The van der Waals surface area contributed by atoms with Crippen LogP contribution < -0.4 is 5.46 Å². The van der Waals surface area contributed by atoms with Crippen LogP contribution >= 0.6 is 0 Å². The van der Waals surface area contributed by atoms with Crippen LogP contribution in [0, 0.1) is 5.41 Å². The van der Waals surface area contributed by atoms with Crippen LogP contribution in [0.5, 0.6) is 0 Å². The first-order valence-corrected chi connectivity index (χ1v) is 8.37. The van der Waals surface area contributed by atoms with E-state index < -0.39 is 11.2 Å². The molecule has 2 nitrogen and oxygen atoms in total. The van der Waals surface area contributed by atoms with Crippen molar-refractivity contribution in [2.45, 2.75) is 78.4 Å². The van der Waals surface area contributed by atoms with E-state index in [9.17, 15) is 5.11 Å². The van der Waals surface area contributed by atoms with Crippen LogP contribution in [0.1, 0.15) is 71.9 Å². The molecule has 1 aliphatic rings. The molecule has 0 aromatic heterocycles. The third kappa shape index (κ3) is 3.94. The minimum Gasteiger partial charge on any atom is -0.427 e. The van der Waals surface area contributed by atoms with E-state index in [1.54, 1.807) is 13.8 Å². The third-order valence-corrected chi connectivity index (χ3v) is 5.05. The second-order valence-corrected chi connectivity index (χ2v) is 9.06. The molecule has 1 aromatic carbocycles. The summed E-state index contributed by atoms with van der Waals surface area (Å²) in [5.41, 5.74) is 3.15. The van der Waals surface area contributed by atoms with Gasteiger partial charge in [-0.1, -0.05) is 44.4 Å². The Hall–Kier alpha value is -0.795. The molecule has 1 aromatic rings. The van der Waals surface area contributed by atoms with Gasteiger partial charge in [-0.05, 0) is 63.0 Å². The Morgan fingerprint density at radius 3 is 2.27 bits per heavy atom. The van der Waals surface area contributed by atoms with E-state index in [0.29, 0.717) is 12.9 Å². The van der Waals surface area contributed by atoms with Crippen molar-refractivity contribution in [3.8, 4) is 0 Å². The van der Waals surface area contributed by atoms with Crippen LogP contribution in [0.25, 0.3) is 0 Å². The van der Waals surface area contributed by atoms with E-state index >= 15 is 0 Å². The van der Waals surface area contributed by atoms with E-state index in [0.717, 1.165) is 5.92 Å². The molecule has 122 valence electrons. The monoisotopic (exact) mass is 302 g/mol. The average molecular weight is 302 g/mol. The Labute approximate surface area is 136 Å². The Morgan fingerprint density at radius 2 is 1.77 bits per heavy atom. The number of hydrogen-bond acceptors (Lipinski definition) is 2. The maximum atomic E-state index is 10.2. The molecule has 0 aliphatic heterocycles. The van der Waals surface area contributed by atoms with Crippen molar-refractivity contribution in [3.63, 3.8) is 0 Å². The van der Waals surface area contributed by atoms with Gasteiger partial charge in [0, 0.05) is 0 Å². The van der Waals surface area contributed by atoms with Crippen molar-refractivity contribution in [1.29, 1.82) is 0 Å². The SMILES string of the molecule is CC(C)(C)CC1Cc2cc(BOC(C)(C)C(C)(C)O)ccc21. The molecule has 0 fully saturated rings. The van der Waals surface area contributed by atoms with E-state index in [2.05, 4.69) is 39.0 Å². The number of rotatable bonds is 5. The quantitative estimate of drug-likeness (QED) is 0.846. The van der Waals surface area contributed by atoms with Crippen molar-refractivity contribution in [3.05, 3.63) is 29.3 Å². The topological polar surface area (TPSA) is 29.5 Å². The maximum Gasteiger partial charge on any atom is 0.309 e. The van der Waals surface area contributed by atoms with Gasteiger partial charge < -0.3 is 9.76 Å². The Balaban J connectivity index is 1.99. The maximum absolute atomic E-state index is 10.2. The highest BCUT2D eigenvalue weighted by atomic mass is 16.5. The van der Waals surface area contributed by atoms with Crippen LogP contribution in [-0.2, 0) is 11.1 Å². The fraction of sp³-hybridized carbons (Fsp3) is 0.684. The van der Waals surface area contributed by atoms with Crippen molar-refractivity contribution in [1.82, 2.24) is 0 Å². The molecule has 0 saturated heterocycles. The summed E-state index contributed by atoms with van der Waals surface area (Å²) in [5.74, 6) is 0.720. The summed E-state index contributed by atoms with van der Waals surface area (Å²) < 4.78 is 5.96. The first-order valence-electron chi connectivity index (χ1n) is 8.37. The molecule has 1 unspecified atom stereocenters. The molecule has 0 spiro atoms. The Kier molecular flexibility index (Phi) is 4.54. The van der Waals surface area contributed by atoms with Crippen LogP contribution in [0.15, 0.2) is 18.2 Å². The van der Waals surface area contributed by atoms with Crippen LogP contribution in [-0.4, -0.2) is 23.8 Å². The highest BCUT2D eigenvalue weighted by molar-refractivity contribution is 6.47. The minimum atomic E-state index is -0.857. The summed E-state index contributed by atoms with van der Waals surface area (Å²) in [6, 6.07) is 6.72. The van der Waals surface area contributed by atoms with E-state index in [1.807, 2.05) is 13.8 Å². The van der Waals surface area contributed by atoms with Gasteiger partial charge >= 0.3 is 7.48 Å². The number of fused-ring (bicyclic) bond motifs is 1. The van der Waals surface area contributed by atoms with Gasteiger partial charge in [0.1, 0.15) is 0 Å². The number of aliphatic hydroxyl groups is 1. The largest absolute Gasteiger partial charge is 0.427 e. The van der Waals surface area contributed by atoms with Crippen molar-refractivity contribution in [2.75, 3.05) is 0 Å². The van der Waals surface area contributed by atoms with Gasteiger partial charge in [-0.15, -0.1) is 0 Å². The van der Waals surface area contributed by atoms with Gasteiger partial charge in [0.2, 0.25) is 0 Å². The van der Waals surface area contributed by atoms with Gasteiger partial charge in [-0.25, -0.2) is 0 Å². The fourth-order valence-corrected chi connectivity index (χ4v) is 2.93. The predicted octanol–water partition coefficient (Wildman–Crippen LogP) is 3.31. The zero-order valence-corrected chi connectivity index (χ0v) is 15.3. The smallest absolute Gasteiger partial charge is 0.309 e. The molecule has 0 bridgehead atoms. The first-order chi connectivity index (χ1) is 9.89. The van der Waals surface area contributed by atoms with Gasteiger partial charge in [0.05, 0.1) is 11.2 Å². The molecule has 22 heavy (non-hydrogen) atoms. The fourth-order valence-electron chi connectivity index (χ4n) is 2.93. The number of benzene rings is 1. The second-order valence-electron chi connectivity index (χ2n) is 9.06. The minimum absolute atomic E-state index is 0.390. The van der Waals surface area contributed by atoms with Gasteiger partial charge in [-0.2, -0.15) is 0 Å². The van der Waals surface area contributed by atoms with Gasteiger partial charge in [0.25, 0.3) is 0 Å². The molecule has 0 saturated carbocycles. The second kappa shape index (κ2) is 5.69. The predicted molar refractivity (Wildman–Crippen MR) is 95.2 cm³/mol. The molecular formula is C19H31BO2. The van der Waals surface area contributed by atoms with Gasteiger partial charge in [-0.3, -0.25) is 0 Å². The molecule has 1 aliphatic carbocycles. The summed E-state index contributed by atoms with van der Waals surface area (Å²) in [6.45, 7) is 14.4. The third-order valence-electron chi connectivity index (χ3n) is 5.05. The van der Waals surface area contributed by atoms with E-state index in [-0.39, 0.29) is 0 Å². The average Bonchev–Trinajstić information content (AvgIpc) is 2.31. The summed E-state index contributed by atoms with van der Waals surface area (Å²) in [5, 5.41) is 10.2. The highest BCUT2D eigenvalue weighted by Gasteiger charge is 2.36. The number of hydrogen-bond donors (Lipinski definition) is 1. The first kappa shape index (κ1) is 17.6. The Morgan fingerprint density at radius 1 is 1.14 bits per heavy atom. The zero-order valence-electron chi connectivity index (χ0n) is 15.3. The van der Waals surface area contributed by atoms with Gasteiger partial charge in [0.15, 0.2) is 0 Å². The molecule has 1 N–H and O–H groups in total. The molecule has 2 rings (SSSR count). The standard InChI is InChI=1S/C19H31BO2/c1-17(2,3)12-14-10-13-11-15(8-9-16(13)14)20-22-19(6,7)18(4,5)21/h8-9,11,14,20-21H,10,12H2,1-7H3. The van der Waals surface area contributed by atoms with E-state index in [1.165, 1.54) is 29.4 Å². The zero-order chi connectivity index (χ0) is 16.8. The molecule has 0 radical (unpaired) electrons. The Bertz CT molecular complexity index is 535. The molecule has 3 heteroatoms. The van der Waals surface area contributed by atoms with Crippen LogP contribution in [0.4, 0.5) is 0 Å². The molecule has 1 atom stereocenters. The summed E-state index contributed by atoms with van der Waals surface area (Å²) in [6.07, 6.45) is 2.44. The molecule has 0 amide bonds. The summed E-state index contributed by atoms with van der Waals surface area (Å²) in [7, 11) is 0.550. The van der Waals surface area contributed by atoms with Crippen molar-refractivity contribution in [2.24, 2.45) is 5.41 Å². The highest BCUT2D eigenvalue weighted by Crippen LogP contribution is 2.42. The van der Waals surface area contributed by atoms with Crippen molar-refractivity contribution < 1.29 is 9.76 Å². The molecule has 0 heterocycles. The normalized spacial score (nSPS) is 18.6. The lowest BCUT2D eigenvalue weighted by Gasteiger charge is -2.38. The van der Waals surface area contributed by atoms with Crippen molar-refractivity contribution >= 4 is 12.9 Å². The summed E-state index contributed by atoms with van der Waals surface area (Å²) in [4.78, 5) is 0.